The first kappa shape index (κ1) is 13.7. The number of aliphatic hydroxyl groups is 1. The highest BCUT2D eigenvalue weighted by atomic mass is 16.5. The molecular formula is C13H19N3O3. The number of nitrogens with one attached hydrogen (secondary N) is 1. The number of carbonyl (C=O) groups is 1. The average molecular weight is 265 g/mol. The van der Waals surface area contributed by atoms with E-state index >= 15 is 0 Å². The van der Waals surface area contributed by atoms with Crippen molar-refractivity contribution in [1.82, 2.24) is 9.97 Å². The van der Waals surface area contributed by atoms with Crippen LogP contribution in [0.3, 0.4) is 0 Å². The van der Waals surface area contributed by atoms with Crippen molar-refractivity contribution in [2.45, 2.75) is 37.6 Å². The third-order valence-corrected chi connectivity index (χ3v) is 3.55. The summed E-state index contributed by atoms with van der Waals surface area (Å²) >= 11 is 0. The van der Waals surface area contributed by atoms with Crippen LogP contribution in [0.15, 0.2) is 12.4 Å². The fourth-order valence-corrected chi connectivity index (χ4v) is 2.43. The molecule has 6 nitrogen and oxygen atoms in total. The molecule has 0 atom stereocenters. The van der Waals surface area contributed by atoms with Crippen LogP contribution in [0.2, 0.25) is 0 Å². The van der Waals surface area contributed by atoms with Gasteiger partial charge in [-0.05, 0) is 12.8 Å². The Morgan fingerprint density at radius 1 is 1.37 bits per heavy atom. The van der Waals surface area contributed by atoms with Gasteiger partial charge in [0.05, 0.1) is 31.6 Å². The molecule has 0 spiro atoms. The molecule has 0 radical (unpaired) electrons. The quantitative estimate of drug-likeness (QED) is 0.800. The van der Waals surface area contributed by atoms with Crippen LogP contribution in [0, 0.1) is 0 Å². The lowest BCUT2D eigenvalue weighted by molar-refractivity contribution is 0.0593. The van der Waals surface area contributed by atoms with E-state index in [0.29, 0.717) is 5.82 Å². The number of carbonyl (C=O) groups excluding carboxylic acids is 1. The molecule has 0 bridgehead atoms. The smallest absolute Gasteiger partial charge is 0.358 e. The van der Waals surface area contributed by atoms with Gasteiger partial charge >= 0.3 is 5.97 Å². The molecule has 0 amide bonds. The second kappa shape index (κ2) is 5.97. The van der Waals surface area contributed by atoms with E-state index in [0.717, 1.165) is 25.7 Å². The lowest BCUT2D eigenvalue weighted by Crippen LogP contribution is -2.44. The molecule has 19 heavy (non-hydrogen) atoms. The summed E-state index contributed by atoms with van der Waals surface area (Å²) in [5, 5.41) is 12.9. The Hall–Kier alpha value is -1.69. The number of hydrogen-bond donors (Lipinski definition) is 2. The molecule has 1 aromatic heterocycles. The van der Waals surface area contributed by atoms with Crippen LogP contribution in [-0.2, 0) is 4.74 Å². The van der Waals surface area contributed by atoms with Crippen LogP contribution in [0.25, 0.3) is 0 Å². The predicted octanol–water partition coefficient (Wildman–Crippen LogP) is 1.37. The molecule has 1 heterocycles. The first-order valence-electron chi connectivity index (χ1n) is 6.48. The van der Waals surface area contributed by atoms with Crippen LogP contribution in [0.5, 0.6) is 0 Å². The van der Waals surface area contributed by atoms with E-state index in [9.17, 15) is 9.90 Å². The number of rotatable bonds is 4. The number of aromatic nitrogens is 2. The third kappa shape index (κ3) is 3.20. The van der Waals surface area contributed by atoms with Gasteiger partial charge in [0.1, 0.15) is 5.82 Å². The number of anilines is 1. The fourth-order valence-electron chi connectivity index (χ4n) is 2.43. The molecule has 0 aliphatic heterocycles. The van der Waals surface area contributed by atoms with Gasteiger partial charge in [-0.1, -0.05) is 19.3 Å². The van der Waals surface area contributed by atoms with Gasteiger partial charge in [0, 0.05) is 0 Å². The molecule has 1 aromatic rings. The monoisotopic (exact) mass is 265 g/mol. The van der Waals surface area contributed by atoms with E-state index in [4.69, 9.17) is 0 Å². The van der Waals surface area contributed by atoms with Gasteiger partial charge in [-0.25, -0.2) is 14.8 Å². The zero-order valence-corrected chi connectivity index (χ0v) is 11.1. The summed E-state index contributed by atoms with van der Waals surface area (Å²) in [5.74, 6) is 0.0668. The van der Waals surface area contributed by atoms with Crippen molar-refractivity contribution in [1.29, 1.82) is 0 Å². The molecule has 0 unspecified atom stereocenters. The lowest BCUT2D eigenvalue weighted by atomic mass is 9.82. The summed E-state index contributed by atoms with van der Waals surface area (Å²) in [5.41, 5.74) is -0.130. The van der Waals surface area contributed by atoms with Gasteiger partial charge in [0.25, 0.3) is 0 Å². The van der Waals surface area contributed by atoms with Crippen molar-refractivity contribution >= 4 is 11.8 Å². The molecule has 2 N–H and O–H groups in total. The topological polar surface area (TPSA) is 84.3 Å². The summed E-state index contributed by atoms with van der Waals surface area (Å²) in [6.07, 6.45) is 8.12. The van der Waals surface area contributed by atoms with E-state index < -0.39 is 5.97 Å². The Kier molecular flexibility index (Phi) is 4.31. The summed E-state index contributed by atoms with van der Waals surface area (Å²) < 4.78 is 4.57. The lowest BCUT2D eigenvalue weighted by Gasteiger charge is -2.36. The molecule has 1 fully saturated rings. The maximum atomic E-state index is 11.2. The highest BCUT2D eigenvalue weighted by Crippen LogP contribution is 2.30. The summed E-state index contributed by atoms with van der Waals surface area (Å²) in [7, 11) is 1.30. The van der Waals surface area contributed by atoms with Crippen LogP contribution in [0.1, 0.15) is 42.6 Å². The Balaban J connectivity index is 2.07. The van der Waals surface area contributed by atoms with Gasteiger partial charge in [-0.2, -0.15) is 0 Å². The van der Waals surface area contributed by atoms with Gasteiger partial charge < -0.3 is 15.2 Å². The van der Waals surface area contributed by atoms with Crippen LogP contribution < -0.4 is 5.32 Å². The molecule has 1 saturated carbocycles. The molecule has 104 valence electrons. The van der Waals surface area contributed by atoms with Crippen molar-refractivity contribution in [3.63, 3.8) is 0 Å². The average Bonchev–Trinajstić information content (AvgIpc) is 2.48. The minimum absolute atomic E-state index is 0.0768. The van der Waals surface area contributed by atoms with Gasteiger partial charge in [0.2, 0.25) is 0 Å². The van der Waals surface area contributed by atoms with Crippen molar-refractivity contribution in [2.24, 2.45) is 0 Å². The highest BCUT2D eigenvalue weighted by Gasteiger charge is 2.31. The Bertz CT molecular complexity index is 427. The number of esters is 1. The largest absolute Gasteiger partial charge is 0.464 e. The number of hydrogen-bond acceptors (Lipinski definition) is 6. The van der Waals surface area contributed by atoms with E-state index in [1.807, 2.05) is 0 Å². The Morgan fingerprint density at radius 3 is 2.63 bits per heavy atom. The van der Waals surface area contributed by atoms with Crippen LogP contribution in [-0.4, -0.2) is 40.3 Å². The zero-order valence-electron chi connectivity index (χ0n) is 11.1. The molecule has 1 aliphatic carbocycles. The SMILES string of the molecule is COC(=O)c1cnc(NC2(CO)CCCCC2)cn1. The van der Waals surface area contributed by atoms with Gasteiger partial charge in [0.15, 0.2) is 5.69 Å². The second-order valence-corrected chi connectivity index (χ2v) is 4.90. The van der Waals surface area contributed by atoms with Crippen LogP contribution >= 0.6 is 0 Å². The van der Waals surface area contributed by atoms with Gasteiger partial charge in [-0.3, -0.25) is 0 Å². The predicted molar refractivity (Wildman–Crippen MR) is 69.9 cm³/mol. The first-order chi connectivity index (χ1) is 9.19. The molecular weight excluding hydrogens is 246 g/mol. The van der Waals surface area contributed by atoms with Crippen molar-refractivity contribution in [2.75, 3.05) is 19.0 Å². The number of nitrogens with zero attached hydrogens (tertiary/aromatic N) is 2. The van der Waals surface area contributed by atoms with Crippen molar-refractivity contribution < 1.29 is 14.6 Å². The van der Waals surface area contributed by atoms with E-state index in [2.05, 4.69) is 20.0 Å². The maximum Gasteiger partial charge on any atom is 0.358 e. The van der Waals surface area contributed by atoms with E-state index in [-0.39, 0.29) is 17.8 Å². The molecule has 2 rings (SSSR count). The number of ether oxygens (including phenoxy) is 1. The summed E-state index contributed by atoms with van der Waals surface area (Å²) in [4.78, 5) is 19.4. The Labute approximate surface area is 112 Å². The maximum absolute atomic E-state index is 11.2. The standard InChI is InChI=1S/C13H19N3O3/c1-19-12(18)10-7-15-11(8-14-10)16-13(9-17)5-3-2-4-6-13/h7-8,17H,2-6,9H2,1H3,(H,15,16). The molecule has 0 aromatic carbocycles. The molecule has 1 aliphatic rings. The first-order valence-corrected chi connectivity index (χ1v) is 6.48. The van der Waals surface area contributed by atoms with Gasteiger partial charge in [-0.15, -0.1) is 0 Å². The van der Waals surface area contributed by atoms with E-state index in [1.54, 1.807) is 0 Å². The minimum atomic E-state index is -0.506. The van der Waals surface area contributed by atoms with E-state index in [1.165, 1.54) is 25.9 Å². The summed E-state index contributed by atoms with van der Waals surface area (Å²) in [6, 6.07) is 0. The Morgan fingerprint density at radius 2 is 2.11 bits per heavy atom. The van der Waals surface area contributed by atoms with Crippen LogP contribution in [0.4, 0.5) is 5.82 Å². The highest BCUT2D eigenvalue weighted by molar-refractivity contribution is 5.86. The minimum Gasteiger partial charge on any atom is -0.464 e. The zero-order chi connectivity index (χ0) is 13.7. The molecule has 6 heteroatoms. The van der Waals surface area contributed by atoms with Crippen molar-refractivity contribution in [3.8, 4) is 0 Å². The number of methoxy groups -OCH3 is 1. The second-order valence-electron chi connectivity index (χ2n) is 4.90. The third-order valence-electron chi connectivity index (χ3n) is 3.55. The number of aliphatic hydroxyl groups excluding tert-OH is 1. The fraction of sp³-hybridized carbons (Fsp3) is 0.615. The summed E-state index contributed by atoms with van der Waals surface area (Å²) in [6.45, 7) is 0.0768. The normalized spacial score (nSPS) is 17.8. The van der Waals surface area contributed by atoms with Crippen molar-refractivity contribution in [3.05, 3.63) is 18.1 Å². The molecule has 0 saturated heterocycles.